The maximum absolute atomic E-state index is 14.1. The summed E-state index contributed by atoms with van der Waals surface area (Å²) >= 11 is 7.42. The molecule has 3 aromatic rings. The minimum Gasteiger partial charge on any atom is -0.352 e. The number of amides is 2. The highest BCUT2D eigenvalue weighted by atomic mass is 35.5. The van der Waals surface area contributed by atoms with E-state index in [1.807, 2.05) is 20.8 Å². The highest BCUT2D eigenvalue weighted by Crippen LogP contribution is 2.33. The number of nitrogens with one attached hydrogen (secondary N) is 1. The number of carbonyl (C=O) groups excluding carboxylic acids is 2. The Hall–Kier alpha value is -2.84. The topological polar surface area (TPSA) is 75.2 Å². The molecule has 0 aliphatic rings. The predicted molar refractivity (Wildman–Crippen MR) is 120 cm³/mol. The van der Waals surface area contributed by atoms with Crippen LogP contribution in [-0.4, -0.2) is 27.4 Å². The molecule has 0 saturated carbocycles. The van der Waals surface area contributed by atoms with E-state index in [1.165, 1.54) is 23.1 Å². The summed E-state index contributed by atoms with van der Waals surface area (Å²) in [4.78, 5) is 28.8. The van der Waals surface area contributed by atoms with E-state index in [4.69, 9.17) is 11.6 Å². The quantitative estimate of drug-likeness (QED) is 0.570. The second kappa shape index (κ2) is 9.53. The summed E-state index contributed by atoms with van der Waals surface area (Å²) < 4.78 is 17.9. The number of hydrogen-bond donors (Lipinski definition) is 1. The van der Waals surface area contributed by atoms with Gasteiger partial charge in [0.2, 0.25) is 5.91 Å². The molecule has 6 nitrogen and oxygen atoms in total. The first-order valence-corrected chi connectivity index (χ1v) is 10.8. The molecule has 1 atom stereocenters. The lowest BCUT2D eigenvalue weighted by atomic mass is 10.0. The lowest BCUT2D eigenvalue weighted by Crippen LogP contribution is -2.46. The molecule has 0 fully saturated rings. The molecule has 31 heavy (non-hydrogen) atoms. The van der Waals surface area contributed by atoms with Crippen LogP contribution < -0.4 is 10.2 Å². The van der Waals surface area contributed by atoms with E-state index < -0.39 is 23.7 Å². The van der Waals surface area contributed by atoms with E-state index in [0.717, 1.165) is 17.1 Å². The minimum atomic E-state index is -1.15. The zero-order chi connectivity index (χ0) is 22.7. The van der Waals surface area contributed by atoms with E-state index in [2.05, 4.69) is 14.9 Å². The Kier molecular flexibility index (Phi) is 7.02. The van der Waals surface area contributed by atoms with Crippen molar-refractivity contribution in [3.63, 3.8) is 0 Å². The Morgan fingerprint density at radius 3 is 2.48 bits per heavy atom. The molecule has 0 spiro atoms. The Bertz CT molecular complexity index is 1120. The number of nitrogens with zero attached hydrogens (tertiary/aromatic N) is 3. The van der Waals surface area contributed by atoms with Crippen LogP contribution in [0.25, 0.3) is 0 Å². The summed E-state index contributed by atoms with van der Waals surface area (Å²) in [5.41, 5.74) is 1.66. The average Bonchev–Trinajstić information content (AvgIpc) is 3.13. The highest BCUT2D eigenvalue weighted by molar-refractivity contribution is 7.05. The van der Waals surface area contributed by atoms with Gasteiger partial charge in [-0.1, -0.05) is 34.3 Å². The second-order valence-electron chi connectivity index (χ2n) is 7.41. The van der Waals surface area contributed by atoms with Crippen LogP contribution in [0.3, 0.4) is 0 Å². The SMILES string of the molecule is Cc1ccc(N(C(=O)c2nnsc2C)C(C(=O)NC(C)C)c2cccc(F)c2)cc1Cl. The van der Waals surface area contributed by atoms with Gasteiger partial charge in [0.25, 0.3) is 5.91 Å². The largest absolute Gasteiger partial charge is 0.352 e. The molecule has 0 aliphatic carbocycles. The van der Waals surface area contributed by atoms with Crippen LogP contribution >= 0.6 is 23.1 Å². The van der Waals surface area contributed by atoms with Gasteiger partial charge in [0.1, 0.15) is 11.9 Å². The predicted octanol–water partition coefficient (Wildman–Crippen LogP) is 4.86. The molecule has 0 bridgehead atoms. The Morgan fingerprint density at radius 1 is 1.16 bits per heavy atom. The fraction of sp³-hybridized carbons (Fsp3) is 0.273. The number of halogens is 2. The van der Waals surface area contributed by atoms with E-state index in [1.54, 1.807) is 31.2 Å². The molecule has 1 heterocycles. The molecule has 1 aromatic heterocycles. The fourth-order valence-electron chi connectivity index (χ4n) is 3.12. The zero-order valence-electron chi connectivity index (χ0n) is 17.5. The van der Waals surface area contributed by atoms with Crippen LogP contribution in [0, 0.1) is 19.7 Å². The first-order valence-electron chi connectivity index (χ1n) is 9.63. The molecule has 3 rings (SSSR count). The van der Waals surface area contributed by atoms with Crippen molar-refractivity contribution >= 4 is 40.6 Å². The van der Waals surface area contributed by atoms with Crippen molar-refractivity contribution in [2.45, 2.75) is 39.8 Å². The standard InChI is InChI=1S/C22H22ClFN4O2S/c1-12(2)25-21(29)20(15-6-5-7-16(24)10-15)28(17-9-8-13(3)18(23)11-17)22(30)19-14(4)31-27-26-19/h5-12,20H,1-4H3,(H,25,29). The van der Waals surface area contributed by atoms with Gasteiger partial charge in [-0.2, -0.15) is 0 Å². The van der Waals surface area contributed by atoms with E-state index >= 15 is 0 Å². The zero-order valence-corrected chi connectivity index (χ0v) is 19.1. The first-order chi connectivity index (χ1) is 14.7. The second-order valence-corrected chi connectivity index (χ2v) is 8.77. The van der Waals surface area contributed by atoms with Crippen LogP contribution in [0.2, 0.25) is 5.02 Å². The van der Waals surface area contributed by atoms with Crippen molar-refractivity contribution in [3.05, 3.63) is 75.0 Å². The molecule has 1 N–H and O–H groups in total. The average molecular weight is 461 g/mol. The Labute approximate surface area is 189 Å². The maximum atomic E-state index is 14.1. The number of aryl methyl sites for hydroxylation is 2. The number of hydrogen-bond acceptors (Lipinski definition) is 5. The summed E-state index contributed by atoms with van der Waals surface area (Å²) in [6.07, 6.45) is 0. The van der Waals surface area contributed by atoms with E-state index in [9.17, 15) is 14.0 Å². The van der Waals surface area contributed by atoms with Crippen molar-refractivity contribution in [2.75, 3.05) is 4.90 Å². The molecule has 2 aromatic carbocycles. The minimum absolute atomic E-state index is 0.125. The smallest absolute Gasteiger partial charge is 0.281 e. The van der Waals surface area contributed by atoms with Crippen molar-refractivity contribution in [1.29, 1.82) is 0 Å². The van der Waals surface area contributed by atoms with E-state index in [0.29, 0.717) is 21.2 Å². The van der Waals surface area contributed by atoms with Gasteiger partial charge in [0.15, 0.2) is 5.69 Å². The van der Waals surface area contributed by atoms with Gasteiger partial charge in [0, 0.05) is 16.8 Å². The molecular formula is C22H22ClFN4O2S. The highest BCUT2D eigenvalue weighted by Gasteiger charge is 2.35. The monoisotopic (exact) mass is 460 g/mol. The number of carbonyl (C=O) groups is 2. The summed E-state index contributed by atoms with van der Waals surface area (Å²) in [5, 5.41) is 7.22. The third-order valence-electron chi connectivity index (χ3n) is 4.61. The van der Waals surface area contributed by atoms with Crippen molar-refractivity contribution < 1.29 is 14.0 Å². The number of benzene rings is 2. The van der Waals surface area contributed by atoms with Gasteiger partial charge in [-0.25, -0.2) is 4.39 Å². The third-order valence-corrected chi connectivity index (χ3v) is 5.65. The van der Waals surface area contributed by atoms with Crippen LogP contribution in [0.4, 0.5) is 10.1 Å². The van der Waals surface area contributed by atoms with Gasteiger partial charge in [-0.3, -0.25) is 14.5 Å². The fourth-order valence-corrected chi connectivity index (χ4v) is 3.75. The molecule has 0 saturated heterocycles. The van der Waals surface area contributed by atoms with Gasteiger partial charge in [0.05, 0.1) is 4.88 Å². The van der Waals surface area contributed by atoms with Gasteiger partial charge in [-0.15, -0.1) is 5.10 Å². The Morgan fingerprint density at radius 2 is 1.90 bits per heavy atom. The van der Waals surface area contributed by atoms with E-state index in [-0.39, 0.29) is 11.7 Å². The first kappa shape index (κ1) is 22.8. The molecule has 162 valence electrons. The van der Waals surface area contributed by atoms with Crippen molar-refractivity contribution in [1.82, 2.24) is 14.9 Å². The van der Waals surface area contributed by atoms with Crippen molar-refractivity contribution in [2.24, 2.45) is 0 Å². The summed E-state index contributed by atoms with van der Waals surface area (Å²) in [6, 6.07) is 9.36. The van der Waals surface area contributed by atoms with Gasteiger partial charge < -0.3 is 5.32 Å². The molecule has 2 amide bonds. The lowest BCUT2D eigenvalue weighted by Gasteiger charge is -2.32. The molecular weight excluding hydrogens is 439 g/mol. The third kappa shape index (κ3) is 5.08. The number of anilines is 1. The summed E-state index contributed by atoms with van der Waals surface area (Å²) in [5.74, 6) is -1.49. The van der Waals surface area contributed by atoms with Crippen LogP contribution in [0.1, 0.15) is 46.4 Å². The number of aromatic nitrogens is 2. The van der Waals surface area contributed by atoms with Crippen molar-refractivity contribution in [3.8, 4) is 0 Å². The van der Waals surface area contributed by atoms with Gasteiger partial charge in [-0.05, 0) is 74.6 Å². The molecule has 9 heteroatoms. The molecule has 0 radical (unpaired) electrons. The molecule has 1 unspecified atom stereocenters. The van der Waals surface area contributed by atoms with Crippen LogP contribution in [0.5, 0.6) is 0 Å². The molecule has 0 aliphatic heterocycles. The number of rotatable bonds is 6. The van der Waals surface area contributed by atoms with Crippen LogP contribution in [-0.2, 0) is 4.79 Å². The van der Waals surface area contributed by atoms with Crippen LogP contribution in [0.15, 0.2) is 42.5 Å². The summed E-state index contributed by atoms with van der Waals surface area (Å²) in [7, 11) is 0. The summed E-state index contributed by atoms with van der Waals surface area (Å²) in [6.45, 7) is 7.18. The normalized spacial score (nSPS) is 12.0. The van der Waals surface area contributed by atoms with Gasteiger partial charge >= 0.3 is 0 Å². The lowest BCUT2D eigenvalue weighted by molar-refractivity contribution is -0.123. The Balaban J connectivity index is 2.23. The maximum Gasteiger partial charge on any atom is 0.281 e.